The molecule has 2 aliphatic rings. The first-order valence-corrected chi connectivity index (χ1v) is 7.44. The summed E-state index contributed by atoms with van der Waals surface area (Å²) in [6.45, 7) is 0.313. The van der Waals surface area contributed by atoms with E-state index in [0.29, 0.717) is 5.76 Å². The third kappa shape index (κ3) is 2.32. The number of rotatable bonds is 3. The molecule has 8 heteroatoms. The number of benzene rings is 1. The Morgan fingerprint density at radius 2 is 1.92 bits per heavy atom. The van der Waals surface area contributed by atoms with Crippen LogP contribution in [0.15, 0.2) is 40.9 Å². The summed E-state index contributed by atoms with van der Waals surface area (Å²) in [7, 11) is 0. The van der Waals surface area contributed by atoms with Gasteiger partial charge in [-0.2, -0.15) is 0 Å². The van der Waals surface area contributed by atoms with E-state index in [2.05, 4.69) is 9.89 Å². The van der Waals surface area contributed by atoms with Crippen molar-refractivity contribution in [1.82, 2.24) is 15.0 Å². The molecule has 0 spiro atoms. The van der Waals surface area contributed by atoms with Gasteiger partial charge in [-0.15, -0.1) is 0 Å². The van der Waals surface area contributed by atoms with E-state index in [4.69, 9.17) is 4.52 Å². The number of carbonyl (C=O) groups is 3. The van der Waals surface area contributed by atoms with E-state index in [9.17, 15) is 14.4 Å². The molecule has 4 rings (SSSR count). The van der Waals surface area contributed by atoms with Gasteiger partial charge in [0.25, 0.3) is 11.8 Å². The number of aromatic nitrogens is 1. The van der Waals surface area contributed by atoms with Crippen molar-refractivity contribution < 1.29 is 23.6 Å². The Morgan fingerprint density at radius 1 is 1.17 bits per heavy atom. The SMILES string of the molecule is O=C(c1cc(-c2ccccc2)on1)N1CC(N2C(=O)COC2=O)C1. The fourth-order valence-corrected chi connectivity index (χ4v) is 2.78. The third-order valence-corrected chi connectivity index (χ3v) is 4.09. The predicted octanol–water partition coefficient (Wildman–Crippen LogP) is 1.14. The van der Waals surface area contributed by atoms with Crippen LogP contribution >= 0.6 is 0 Å². The van der Waals surface area contributed by atoms with Gasteiger partial charge in [-0.25, -0.2) is 9.69 Å². The smallest absolute Gasteiger partial charge is 0.417 e. The number of cyclic esters (lactones) is 1. The first-order chi connectivity index (χ1) is 11.6. The molecule has 1 aromatic carbocycles. The van der Waals surface area contributed by atoms with Crippen LogP contribution < -0.4 is 0 Å². The van der Waals surface area contributed by atoms with Gasteiger partial charge < -0.3 is 14.2 Å². The van der Waals surface area contributed by atoms with E-state index in [-0.39, 0.29) is 43.2 Å². The molecule has 8 nitrogen and oxygen atoms in total. The van der Waals surface area contributed by atoms with Crippen LogP contribution in [-0.4, -0.2) is 58.6 Å². The summed E-state index contributed by atoms with van der Waals surface area (Å²) < 4.78 is 9.89. The maximum Gasteiger partial charge on any atom is 0.417 e. The molecule has 2 aromatic rings. The van der Waals surface area contributed by atoms with Crippen LogP contribution in [0, 0.1) is 0 Å². The normalized spacial score (nSPS) is 17.8. The van der Waals surface area contributed by atoms with Gasteiger partial charge in [0.15, 0.2) is 18.1 Å². The van der Waals surface area contributed by atoms with Crippen LogP contribution in [0.3, 0.4) is 0 Å². The molecular weight excluding hydrogens is 314 g/mol. The van der Waals surface area contributed by atoms with Crippen molar-refractivity contribution in [3.63, 3.8) is 0 Å². The van der Waals surface area contributed by atoms with Crippen LogP contribution in [0.5, 0.6) is 0 Å². The molecule has 2 fully saturated rings. The summed E-state index contributed by atoms with van der Waals surface area (Å²) in [6.07, 6.45) is -0.648. The largest absolute Gasteiger partial charge is 0.439 e. The molecule has 0 bridgehead atoms. The van der Waals surface area contributed by atoms with Crippen LogP contribution in [0.1, 0.15) is 10.5 Å². The standard InChI is InChI=1S/C16H13N3O5/c20-14-9-23-16(22)19(14)11-7-18(8-11)15(21)12-6-13(24-17-12)10-4-2-1-3-5-10/h1-6,11H,7-9H2. The highest BCUT2D eigenvalue weighted by Gasteiger charge is 2.44. The average molecular weight is 327 g/mol. The number of ether oxygens (including phenoxy) is 1. The summed E-state index contributed by atoms with van der Waals surface area (Å²) >= 11 is 0. The van der Waals surface area contributed by atoms with Gasteiger partial charge in [-0.3, -0.25) is 9.59 Å². The van der Waals surface area contributed by atoms with Crippen molar-refractivity contribution in [1.29, 1.82) is 0 Å². The molecule has 1 aromatic heterocycles. The minimum atomic E-state index is -0.648. The lowest BCUT2D eigenvalue weighted by atomic mass is 10.1. The summed E-state index contributed by atoms with van der Waals surface area (Å²) in [4.78, 5) is 38.0. The third-order valence-electron chi connectivity index (χ3n) is 4.09. The molecule has 0 aliphatic carbocycles. The summed E-state index contributed by atoms with van der Waals surface area (Å²) in [6, 6.07) is 10.6. The second-order valence-corrected chi connectivity index (χ2v) is 5.62. The predicted molar refractivity (Wildman–Crippen MR) is 79.8 cm³/mol. The topological polar surface area (TPSA) is 93.0 Å². The van der Waals surface area contributed by atoms with Gasteiger partial charge in [0.1, 0.15) is 0 Å². The van der Waals surface area contributed by atoms with Crippen molar-refractivity contribution in [2.24, 2.45) is 0 Å². The van der Waals surface area contributed by atoms with Gasteiger partial charge >= 0.3 is 6.09 Å². The van der Waals surface area contributed by atoms with Gasteiger partial charge in [0, 0.05) is 24.7 Å². The molecule has 122 valence electrons. The zero-order valence-corrected chi connectivity index (χ0v) is 12.5. The van der Waals surface area contributed by atoms with Crippen LogP contribution in [-0.2, 0) is 9.53 Å². The lowest BCUT2D eigenvalue weighted by molar-refractivity contribution is -0.129. The lowest BCUT2D eigenvalue weighted by Gasteiger charge is -2.41. The van der Waals surface area contributed by atoms with E-state index in [1.165, 1.54) is 4.90 Å². The second-order valence-electron chi connectivity index (χ2n) is 5.62. The fourth-order valence-electron chi connectivity index (χ4n) is 2.78. The van der Waals surface area contributed by atoms with Gasteiger partial charge in [0.2, 0.25) is 0 Å². The summed E-state index contributed by atoms with van der Waals surface area (Å²) in [5.41, 5.74) is 1.03. The van der Waals surface area contributed by atoms with Crippen molar-refractivity contribution in [2.75, 3.05) is 19.7 Å². The highest BCUT2D eigenvalue weighted by molar-refractivity contribution is 5.99. The molecular formula is C16H13N3O5. The monoisotopic (exact) mass is 327 g/mol. The maximum absolute atomic E-state index is 12.4. The van der Waals surface area contributed by atoms with E-state index in [0.717, 1.165) is 10.5 Å². The minimum absolute atomic E-state index is 0.197. The Kier molecular flexibility index (Phi) is 3.30. The molecule has 3 amide bonds. The van der Waals surface area contributed by atoms with Crippen molar-refractivity contribution in [2.45, 2.75) is 6.04 Å². The molecule has 3 heterocycles. The summed E-state index contributed by atoms with van der Waals surface area (Å²) in [5.74, 6) is -0.156. The van der Waals surface area contributed by atoms with Crippen molar-refractivity contribution >= 4 is 17.9 Å². The van der Waals surface area contributed by atoms with Gasteiger partial charge in [-0.1, -0.05) is 35.5 Å². The van der Waals surface area contributed by atoms with Crippen molar-refractivity contribution in [3.8, 4) is 11.3 Å². The zero-order chi connectivity index (χ0) is 16.7. The lowest BCUT2D eigenvalue weighted by Crippen LogP contribution is -2.62. The molecule has 0 N–H and O–H groups in total. The number of hydrogen-bond acceptors (Lipinski definition) is 6. The zero-order valence-electron chi connectivity index (χ0n) is 12.5. The number of carbonyl (C=O) groups excluding carboxylic acids is 3. The number of amides is 3. The molecule has 24 heavy (non-hydrogen) atoms. The van der Waals surface area contributed by atoms with E-state index >= 15 is 0 Å². The Bertz CT molecular complexity index is 794. The van der Waals surface area contributed by atoms with Crippen LogP contribution in [0.25, 0.3) is 11.3 Å². The number of imide groups is 1. The highest BCUT2D eigenvalue weighted by Crippen LogP contribution is 2.24. The first-order valence-electron chi connectivity index (χ1n) is 7.44. The van der Waals surface area contributed by atoms with E-state index < -0.39 is 6.09 Å². The first kappa shape index (κ1) is 14.4. The Morgan fingerprint density at radius 3 is 2.58 bits per heavy atom. The van der Waals surface area contributed by atoms with E-state index in [1.54, 1.807) is 6.07 Å². The molecule has 0 unspecified atom stereocenters. The molecule has 2 saturated heterocycles. The molecule has 0 radical (unpaired) electrons. The quantitative estimate of drug-likeness (QED) is 0.839. The summed E-state index contributed by atoms with van der Waals surface area (Å²) in [5, 5.41) is 3.81. The highest BCUT2D eigenvalue weighted by atomic mass is 16.6. The number of likely N-dealkylation sites (tertiary alicyclic amines) is 1. The van der Waals surface area contributed by atoms with Crippen LogP contribution in [0.2, 0.25) is 0 Å². The molecule has 2 aliphatic heterocycles. The molecule has 0 atom stereocenters. The van der Waals surface area contributed by atoms with E-state index in [1.807, 2.05) is 30.3 Å². The number of nitrogens with zero attached hydrogens (tertiary/aromatic N) is 3. The average Bonchev–Trinajstić information content (AvgIpc) is 3.16. The Hall–Kier alpha value is -3.16. The van der Waals surface area contributed by atoms with Gasteiger partial charge in [0.05, 0.1) is 6.04 Å². The fraction of sp³-hybridized carbons (Fsp3) is 0.250. The van der Waals surface area contributed by atoms with Crippen molar-refractivity contribution in [3.05, 3.63) is 42.1 Å². The minimum Gasteiger partial charge on any atom is -0.439 e. The maximum atomic E-state index is 12.4. The Labute approximate surface area is 136 Å². The molecule has 0 saturated carbocycles. The Balaban J connectivity index is 1.42. The second kappa shape index (κ2) is 5.48. The number of hydrogen-bond donors (Lipinski definition) is 0. The van der Waals surface area contributed by atoms with Gasteiger partial charge in [-0.05, 0) is 0 Å². The van der Waals surface area contributed by atoms with Crippen LogP contribution in [0.4, 0.5) is 4.79 Å².